The smallest absolute Gasteiger partial charge is 0.305 e. The van der Waals surface area contributed by atoms with E-state index in [4.69, 9.17) is 14.2 Å². The van der Waals surface area contributed by atoms with E-state index in [1.54, 1.807) is 6.08 Å². The van der Waals surface area contributed by atoms with Crippen LogP contribution in [0.1, 0.15) is 277 Å². The van der Waals surface area contributed by atoms with Gasteiger partial charge in [-0.25, -0.2) is 0 Å². The highest BCUT2D eigenvalue weighted by atomic mass is 16.7. The predicted octanol–water partition coefficient (Wildman–Crippen LogP) is 13.9. The zero-order valence-corrected chi connectivity index (χ0v) is 46.4. The average molecular weight is 1020 g/mol. The van der Waals surface area contributed by atoms with E-state index in [2.05, 4.69) is 43.5 Å². The molecule has 1 aliphatic rings. The lowest BCUT2D eigenvalue weighted by Crippen LogP contribution is -2.60. The molecule has 0 aliphatic carbocycles. The molecule has 0 saturated carbocycles. The number of ether oxygens (including phenoxy) is 3. The van der Waals surface area contributed by atoms with Crippen molar-refractivity contribution in [2.24, 2.45) is 0 Å². The Balaban J connectivity index is 2.02. The van der Waals surface area contributed by atoms with E-state index < -0.39 is 49.5 Å². The zero-order chi connectivity index (χ0) is 52.4. The van der Waals surface area contributed by atoms with E-state index >= 15 is 0 Å². The summed E-state index contributed by atoms with van der Waals surface area (Å²) < 4.78 is 16.7. The maximum Gasteiger partial charge on any atom is 0.305 e. The lowest BCUT2D eigenvalue weighted by atomic mass is 9.99. The van der Waals surface area contributed by atoms with E-state index in [0.29, 0.717) is 19.4 Å². The van der Waals surface area contributed by atoms with Gasteiger partial charge in [-0.15, -0.1) is 0 Å². The number of aliphatic hydroxyl groups excluding tert-OH is 5. The highest BCUT2D eigenvalue weighted by molar-refractivity contribution is 5.76. The Morgan fingerprint density at radius 1 is 0.500 bits per heavy atom. The Kier molecular flexibility index (Phi) is 48.1. The first-order chi connectivity index (χ1) is 35.2. The summed E-state index contributed by atoms with van der Waals surface area (Å²) in [4.78, 5) is 25.1. The minimum absolute atomic E-state index is 0.0165. The first kappa shape index (κ1) is 67.9. The molecule has 0 aromatic carbocycles. The molecule has 1 fully saturated rings. The van der Waals surface area contributed by atoms with Gasteiger partial charge in [-0.3, -0.25) is 9.59 Å². The third kappa shape index (κ3) is 40.2. The molecule has 7 atom stereocenters. The monoisotopic (exact) mass is 1020 g/mol. The van der Waals surface area contributed by atoms with Crippen LogP contribution in [-0.4, -0.2) is 100 Å². The van der Waals surface area contributed by atoms with E-state index in [1.807, 2.05) is 6.08 Å². The summed E-state index contributed by atoms with van der Waals surface area (Å²) >= 11 is 0. The minimum Gasteiger partial charge on any atom is -0.466 e. The quantitative estimate of drug-likeness (QED) is 0.0195. The van der Waals surface area contributed by atoms with Crippen molar-refractivity contribution in [3.05, 3.63) is 36.5 Å². The van der Waals surface area contributed by atoms with Gasteiger partial charge in [0, 0.05) is 12.8 Å². The van der Waals surface area contributed by atoms with Crippen molar-refractivity contribution in [3.63, 3.8) is 0 Å². The van der Waals surface area contributed by atoms with E-state index in [0.717, 1.165) is 89.9 Å². The van der Waals surface area contributed by atoms with Crippen molar-refractivity contribution in [2.45, 2.75) is 320 Å². The van der Waals surface area contributed by atoms with Crippen LogP contribution in [0.3, 0.4) is 0 Å². The second-order valence-electron chi connectivity index (χ2n) is 21.0. The Bertz CT molecular complexity index is 1290. The number of unbranched alkanes of at least 4 members (excludes halogenated alkanes) is 34. The molecule has 1 heterocycles. The molecule has 0 spiro atoms. The van der Waals surface area contributed by atoms with Gasteiger partial charge in [0.05, 0.1) is 32.0 Å². The van der Waals surface area contributed by atoms with Crippen LogP contribution in [0.5, 0.6) is 0 Å². The Morgan fingerprint density at radius 3 is 1.33 bits per heavy atom. The predicted molar refractivity (Wildman–Crippen MR) is 297 cm³/mol. The Hall–Kier alpha value is -2.12. The van der Waals surface area contributed by atoms with Crippen molar-refractivity contribution >= 4 is 11.9 Å². The fraction of sp³-hybridized carbons (Fsp3) is 0.869. The van der Waals surface area contributed by atoms with Crippen LogP contribution in [0.4, 0.5) is 0 Å². The molecule has 0 aromatic rings. The average Bonchev–Trinajstić information content (AvgIpc) is 3.38. The number of hydrogen-bond donors (Lipinski definition) is 6. The third-order valence-electron chi connectivity index (χ3n) is 14.2. The van der Waals surface area contributed by atoms with Crippen molar-refractivity contribution in [2.75, 3.05) is 19.8 Å². The first-order valence-electron chi connectivity index (χ1n) is 30.3. The summed E-state index contributed by atoms with van der Waals surface area (Å²) in [5.74, 6) is -0.215. The van der Waals surface area contributed by atoms with Crippen LogP contribution in [0, 0.1) is 0 Å². The molecular formula is C61H113NO10. The Labute approximate surface area is 441 Å². The number of esters is 1. The standard InChI is InChI=1S/C61H113NO10/c1-3-5-7-9-11-13-14-15-16-19-23-26-29-33-37-41-45-49-57(66)70-50-46-42-38-34-30-27-24-21-18-17-20-22-25-28-32-36-40-44-48-56(65)62-53(54(64)47-43-39-35-31-12-10-8-6-4-2)52-71-61-60(69)59(68)58(67)55(51-63)72-61/h15-16,20,22,43,47,53-55,58-61,63-64,67-69H,3-14,17-19,21,23-42,44-46,48-52H2,1-2H3,(H,62,65)/b16-15-,22-20-,47-43+. The molecule has 72 heavy (non-hydrogen) atoms. The van der Waals surface area contributed by atoms with Crippen molar-refractivity contribution < 1.29 is 49.3 Å². The molecule has 1 aliphatic heterocycles. The van der Waals surface area contributed by atoms with Crippen molar-refractivity contribution in [1.29, 1.82) is 0 Å². The van der Waals surface area contributed by atoms with Crippen LogP contribution in [0.25, 0.3) is 0 Å². The lowest BCUT2D eigenvalue weighted by molar-refractivity contribution is -0.302. The molecule has 7 unspecified atom stereocenters. The largest absolute Gasteiger partial charge is 0.466 e. The molecule has 1 amide bonds. The summed E-state index contributed by atoms with van der Waals surface area (Å²) in [6.45, 7) is 4.29. The minimum atomic E-state index is -1.57. The van der Waals surface area contributed by atoms with Crippen LogP contribution in [0.15, 0.2) is 36.5 Å². The van der Waals surface area contributed by atoms with Gasteiger partial charge in [0.15, 0.2) is 6.29 Å². The molecule has 0 aromatic heterocycles. The number of nitrogens with one attached hydrogen (secondary N) is 1. The van der Waals surface area contributed by atoms with Gasteiger partial charge in [-0.05, 0) is 83.5 Å². The fourth-order valence-corrected chi connectivity index (χ4v) is 9.36. The molecular weight excluding hydrogens is 907 g/mol. The van der Waals surface area contributed by atoms with Crippen molar-refractivity contribution in [3.8, 4) is 0 Å². The molecule has 11 nitrogen and oxygen atoms in total. The van der Waals surface area contributed by atoms with Crippen LogP contribution >= 0.6 is 0 Å². The Morgan fingerprint density at radius 2 is 0.889 bits per heavy atom. The van der Waals surface area contributed by atoms with Gasteiger partial charge in [0.2, 0.25) is 5.91 Å². The highest BCUT2D eigenvalue weighted by Gasteiger charge is 2.44. The van der Waals surface area contributed by atoms with Crippen LogP contribution in [-0.2, 0) is 23.8 Å². The van der Waals surface area contributed by atoms with Gasteiger partial charge >= 0.3 is 5.97 Å². The molecule has 6 N–H and O–H groups in total. The number of allylic oxidation sites excluding steroid dienone is 5. The lowest BCUT2D eigenvalue weighted by Gasteiger charge is -2.40. The highest BCUT2D eigenvalue weighted by Crippen LogP contribution is 2.23. The van der Waals surface area contributed by atoms with Gasteiger partial charge in [0.1, 0.15) is 24.4 Å². The van der Waals surface area contributed by atoms with Gasteiger partial charge < -0.3 is 45.1 Å². The van der Waals surface area contributed by atoms with E-state index in [9.17, 15) is 35.1 Å². The number of carbonyl (C=O) groups excluding carboxylic acids is 2. The molecule has 0 radical (unpaired) electrons. The first-order valence-corrected chi connectivity index (χ1v) is 30.3. The van der Waals surface area contributed by atoms with Crippen LogP contribution < -0.4 is 5.32 Å². The number of amides is 1. The topological polar surface area (TPSA) is 175 Å². The summed E-state index contributed by atoms with van der Waals surface area (Å²) in [6.07, 6.45) is 52.5. The molecule has 0 bridgehead atoms. The van der Waals surface area contributed by atoms with Gasteiger partial charge in [-0.1, -0.05) is 217 Å². The second-order valence-corrected chi connectivity index (χ2v) is 21.0. The molecule has 1 rings (SSSR count). The summed E-state index contributed by atoms with van der Waals surface area (Å²) in [7, 11) is 0. The van der Waals surface area contributed by atoms with Crippen LogP contribution in [0.2, 0.25) is 0 Å². The number of aliphatic hydroxyl groups is 5. The van der Waals surface area contributed by atoms with Crippen molar-refractivity contribution in [1.82, 2.24) is 5.32 Å². The normalized spacial score (nSPS) is 19.2. The second kappa shape index (κ2) is 51.0. The summed E-state index contributed by atoms with van der Waals surface area (Å²) in [6, 6.07) is -0.819. The number of carbonyl (C=O) groups is 2. The molecule has 422 valence electrons. The molecule has 1 saturated heterocycles. The van der Waals surface area contributed by atoms with Gasteiger partial charge in [0.25, 0.3) is 0 Å². The van der Waals surface area contributed by atoms with E-state index in [1.165, 1.54) is 161 Å². The third-order valence-corrected chi connectivity index (χ3v) is 14.2. The fourth-order valence-electron chi connectivity index (χ4n) is 9.36. The van der Waals surface area contributed by atoms with Gasteiger partial charge in [-0.2, -0.15) is 0 Å². The number of hydrogen-bond acceptors (Lipinski definition) is 10. The maximum atomic E-state index is 13.0. The van der Waals surface area contributed by atoms with E-state index in [-0.39, 0.29) is 18.5 Å². The SMILES string of the molecule is CCCCCCCC/C=C\CCCCCCCCCC(=O)OCCCCCCCCCCC/C=C\CCCCCCCC(=O)NC(COC1OC(CO)C(O)C(O)C1O)C(O)/C=C/CCCCCCCCC. The molecule has 11 heteroatoms. The number of rotatable bonds is 52. The zero-order valence-electron chi connectivity index (χ0n) is 46.4. The summed E-state index contributed by atoms with van der Waals surface area (Å²) in [5, 5.41) is 54.2. The maximum absolute atomic E-state index is 13.0. The summed E-state index contributed by atoms with van der Waals surface area (Å²) in [5.41, 5.74) is 0.